The third kappa shape index (κ3) is 3.56. The predicted octanol–water partition coefficient (Wildman–Crippen LogP) is 2.87. The van der Waals surface area contributed by atoms with Gasteiger partial charge in [-0.2, -0.15) is 0 Å². The van der Waals surface area contributed by atoms with Gasteiger partial charge in [-0.3, -0.25) is 0 Å². The monoisotopic (exact) mass is 207 g/mol. The normalized spacial score (nSPS) is 15.3. The van der Waals surface area contributed by atoms with E-state index in [-0.39, 0.29) is 6.04 Å². The number of rotatable bonds is 4. The van der Waals surface area contributed by atoms with Crippen LogP contribution in [0.3, 0.4) is 0 Å². The Morgan fingerprint density at radius 3 is 2.40 bits per heavy atom. The molecule has 0 saturated heterocycles. The first kappa shape index (κ1) is 12.1. The topological polar surface area (TPSA) is 46.2 Å². The van der Waals surface area contributed by atoms with E-state index in [1.807, 2.05) is 19.1 Å². The van der Waals surface area contributed by atoms with Crippen molar-refractivity contribution in [3.8, 4) is 5.75 Å². The van der Waals surface area contributed by atoms with Crippen molar-refractivity contribution in [3.05, 3.63) is 29.8 Å². The van der Waals surface area contributed by atoms with Gasteiger partial charge in [0.25, 0.3) is 0 Å². The van der Waals surface area contributed by atoms with E-state index in [1.54, 1.807) is 6.07 Å². The van der Waals surface area contributed by atoms with Crippen LogP contribution in [0, 0.1) is 5.92 Å². The quantitative estimate of drug-likeness (QED) is 0.797. The summed E-state index contributed by atoms with van der Waals surface area (Å²) < 4.78 is 0. The second kappa shape index (κ2) is 5.17. The van der Waals surface area contributed by atoms with E-state index in [4.69, 9.17) is 5.73 Å². The van der Waals surface area contributed by atoms with Crippen LogP contribution in [0.5, 0.6) is 5.75 Å². The fourth-order valence-corrected chi connectivity index (χ4v) is 1.95. The molecule has 2 atom stereocenters. The highest BCUT2D eigenvalue weighted by Gasteiger charge is 2.17. The smallest absolute Gasteiger partial charge is 0.115 e. The van der Waals surface area contributed by atoms with Gasteiger partial charge in [0.1, 0.15) is 5.75 Å². The van der Waals surface area contributed by atoms with Crippen molar-refractivity contribution in [3.63, 3.8) is 0 Å². The maximum atomic E-state index is 9.45. The highest BCUT2D eigenvalue weighted by Crippen LogP contribution is 2.30. The van der Waals surface area contributed by atoms with Crippen molar-refractivity contribution in [2.45, 2.75) is 39.2 Å². The molecule has 0 amide bonds. The molecule has 1 aromatic rings. The summed E-state index contributed by atoms with van der Waals surface area (Å²) in [6.07, 6.45) is 0.959. The summed E-state index contributed by atoms with van der Waals surface area (Å²) in [5.74, 6) is 1.30. The van der Waals surface area contributed by atoms with Crippen LogP contribution in [-0.2, 0) is 0 Å². The van der Waals surface area contributed by atoms with Gasteiger partial charge in [0.15, 0.2) is 0 Å². The maximum Gasteiger partial charge on any atom is 0.115 e. The number of hydrogen-bond acceptors (Lipinski definition) is 2. The Balaban J connectivity index is 2.88. The van der Waals surface area contributed by atoms with Crippen LogP contribution in [-0.4, -0.2) is 11.1 Å². The summed E-state index contributed by atoms with van der Waals surface area (Å²) in [5.41, 5.74) is 7.03. The lowest BCUT2D eigenvalue weighted by atomic mass is 9.84. The molecule has 0 bridgehead atoms. The predicted molar refractivity (Wildman–Crippen MR) is 64.0 cm³/mol. The van der Waals surface area contributed by atoms with Gasteiger partial charge in [-0.25, -0.2) is 0 Å². The highest BCUT2D eigenvalue weighted by molar-refractivity contribution is 5.30. The minimum Gasteiger partial charge on any atom is -0.508 e. The largest absolute Gasteiger partial charge is 0.508 e. The first-order valence-electron chi connectivity index (χ1n) is 5.55. The molecule has 84 valence electrons. The summed E-state index contributed by atoms with van der Waals surface area (Å²) in [4.78, 5) is 0. The van der Waals surface area contributed by atoms with Gasteiger partial charge in [-0.1, -0.05) is 26.0 Å². The van der Waals surface area contributed by atoms with Crippen LogP contribution in [0.25, 0.3) is 0 Å². The molecular weight excluding hydrogens is 186 g/mol. The van der Waals surface area contributed by atoms with E-state index in [2.05, 4.69) is 19.9 Å². The Kier molecular flexibility index (Phi) is 4.15. The lowest BCUT2D eigenvalue weighted by Gasteiger charge is -2.23. The average Bonchev–Trinajstić information content (AvgIpc) is 2.13. The van der Waals surface area contributed by atoms with E-state index in [0.717, 1.165) is 6.42 Å². The van der Waals surface area contributed by atoms with Gasteiger partial charge in [0, 0.05) is 6.04 Å². The first-order chi connectivity index (χ1) is 7.00. The fourth-order valence-electron chi connectivity index (χ4n) is 1.95. The summed E-state index contributed by atoms with van der Waals surface area (Å²) in [6.45, 7) is 6.41. The number of phenolic OH excluding ortho intramolecular Hbond substituents is 1. The Hall–Kier alpha value is -1.02. The SMILES string of the molecule is CC(N)CC(c1cccc(O)c1)C(C)C. The Bertz CT molecular complexity index is 307. The van der Waals surface area contributed by atoms with Gasteiger partial charge in [-0.05, 0) is 42.9 Å². The molecule has 0 aliphatic rings. The van der Waals surface area contributed by atoms with Crippen molar-refractivity contribution < 1.29 is 5.11 Å². The molecule has 0 aliphatic heterocycles. The minimum atomic E-state index is 0.194. The molecule has 1 rings (SSSR count). The molecule has 0 aliphatic carbocycles. The van der Waals surface area contributed by atoms with Crippen molar-refractivity contribution >= 4 is 0 Å². The summed E-state index contributed by atoms with van der Waals surface area (Å²) >= 11 is 0. The van der Waals surface area contributed by atoms with Crippen LogP contribution in [0.15, 0.2) is 24.3 Å². The van der Waals surface area contributed by atoms with Crippen molar-refractivity contribution in [1.29, 1.82) is 0 Å². The third-order valence-corrected chi connectivity index (χ3v) is 2.73. The van der Waals surface area contributed by atoms with E-state index < -0.39 is 0 Å². The lowest BCUT2D eigenvalue weighted by molar-refractivity contribution is 0.432. The number of nitrogens with two attached hydrogens (primary N) is 1. The van der Waals surface area contributed by atoms with E-state index in [9.17, 15) is 5.11 Å². The van der Waals surface area contributed by atoms with Crippen LogP contribution in [0.2, 0.25) is 0 Å². The molecule has 2 nitrogen and oxygen atoms in total. The Morgan fingerprint density at radius 1 is 1.27 bits per heavy atom. The number of aromatic hydroxyl groups is 1. The standard InChI is InChI=1S/C13H21NO/c1-9(2)13(7-10(3)14)11-5-4-6-12(15)8-11/h4-6,8-10,13,15H,7,14H2,1-3H3. The molecule has 0 spiro atoms. The lowest BCUT2D eigenvalue weighted by Crippen LogP contribution is -2.21. The summed E-state index contributed by atoms with van der Waals surface area (Å²) in [5, 5.41) is 9.45. The number of hydrogen-bond donors (Lipinski definition) is 2. The third-order valence-electron chi connectivity index (χ3n) is 2.73. The molecule has 3 N–H and O–H groups in total. The molecular formula is C13H21NO. The van der Waals surface area contributed by atoms with Crippen LogP contribution >= 0.6 is 0 Å². The van der Waals surface area contributed by atoms with Crippen molar-refractivity contribution in [2.24, 2.45) is 11.7 Å². The summed E-state index contributed by atoms with van der Waals surface area (Å²) in [6, 6.07) is 7.69. The molecule has 0 aromatic heterocycles. The number of phenols is 1. The molecule has 2 unspecified atom stereocenters. The molecule has 0 fully saturated rings. The fraction of sp³-hybridized carbons (Fsp3) is 0.538. The first-order valence-corrected chi connectivity index (χ1v) is 5.55. The maximum absolute atomic E-state index is 9.45. The zero-order chi connectivity index (χ0) is 11.4. The van der Waals surface area contributed by atoms with E-state index >= 15 is 0 Å². The van der Waals surface area contributed by atoms with Gasteiger partial charge < -0.3 is 10.8 Å². The minimum absolute atomic E-state index is 0.194. The molecule has 1 aromatic carbocycles. The molecule has 15 heavy (non-hydrogen) atoms. The zero-order valence-electron chi connectivity index (χ0n) is 9.77. The molecule has 2 heteroatoms. The molecule has 0 saturated carbocycles. The Labute approximate surface area is 92.1 Å². The molecule has 0 heterocycles. The second-order valence-electron chi connectivity index (χ2n) is 4.66. The van der Waals surface area contributed by atoms with Crippen molar-refractivity contribution in [2.75, 3.05) is 0 Å². The summed E-state index contributed by atoms with van der Waals surface area (Å²) in [7, 11) is 0. The number of benzene rings is 1. The van der Waals surface area contributed by atoms with Gasteiger partial charge >= 0.3 is 0 Å². The van der Waals surface area contributed by atoms with Crippen LogP contribution in [0.1, 0.15) is 38.7 Å². The zero-order valence-corrected chi connectivity index (χ0v) is 9.77. The van der Waals surface area contributed by atoms with Crippen LogP contribution in [0.4, 0.5) is 0 Å². The highest BCUT2D eigenvalue weighted by atomic mass is 16.3. The van der Waals surface area contributed by atoms with Crippen molar-refractivity contribution in [1.82, 2.24) is 0 Å². The van der Waals surface area contributed by atoms with Crippen LogP contribution < -0.4 is 5.73 Å². The van der Waals surface area contributed by atoms with Gasteiger partial charge in [0.2, 0.25) is 0 Å². The van der Waals surface area contributed by atoms with E-state index in [1.165, 1.54) is 5.56 Å². The van der Waals surface area contributed by atoms with E-state index in [0.29, 0.717) is 17.6 Å². The van der Waals surface area contributed by atoms with Gasteiger partial charge in [-0.15, -0.1) is 0 Å². The van der Waals surface area contributed by atoms with Gasteiger partial charge in [0.05, 0.1) is 0 Å². The average molecular weight is 207 g/mol. The second-order valence-corrected chi connectivity index (χ2v) is 4.66. The Morgan fingerprint density at radius 2 is 1.93 bits per heavy atom. The molecule has 0 radical (unpaired) electrons.